The van der Waals surface area contributed by atoms with Gasteiger partial charge < -0.3 is 4.90 Å². The number of nitrogens with zero attached hydrogens (tertiary/aromatic N) is 1. The molecule has 0 radical (unpaired) electrons. The molecule has 2 atom stereocenters. The summed E-state index contributed by atoms with van der Waals surface area (Å²) in [7, 11) is 0. The average Bonchev–Trinajstić information content (AvgIpc) is 3.11. The van der Waals surface area contributed by atoms with Crippen LogP contribution < -0.4 is 0 Å². The van der Waals surface area contributed by atoms with Gasteiger partial charge in [0, 0.05) is 18.5 Å². The van der Waals surface area contributed by atoms with Crippen LogP contribution in [0.4, 0.5) is 0 Å². The zero-order valence-corrected chi connectivity index (χ0v) is 9.55. The summed E-state index contributed by atoms with van der Waals surface area (Å²) in [5.74, 6) is 2.21. The standard InChI is InChI=1S/C10H15NO.C2H6/c1-10(2-3-10)9(12)11-5-7-4-8(7)6-11;1-2/h7-8H,2-6H2,1H3;1-2H3. The van der Waals surface area contributed by atoms with E-state index in [0.717, 1.165) is 37.8 Å². The van der Waals surface area contributed by atoms with Crippen molar-refractivity contribution in [3.63, 3.8) is 0 Å². The first-order valence-corrected chi connectivity index (χ1v) is 5.98. The Hall–Kier alpha value is -0.530. The highest BCUT2D eigenvalue weighted by atomic mass is 16.2. The van der Waals surface area contributed by atoms with E-state index in [1.807, 2.05) is 13.8 Å². The fourth-order valence-corrected chi connectivity index (χ4v) is 2.35. The number of hydrogen-bond acceptors (Lipinski definition) is 1. The molecule has 0 bridgehead atoms. The maximum Gasteiger partial charge on any atom is 0.228 e. The lowest BCUT2D eigenvalue weighted by atomic mass is 10.1. The summed E-state index contributed by atoms with van der Waals surface area (Å²) in [6, 6.07) is 0. The second kappa shape index (κ2) is 3.25. The number of amides is 1. The Morgan fingerprint density at radius 3 is 2.14 bits per heavy atom. The molecule has 2 nitrogen and oxygen atoms in total. The quantitative estimate of drug-likeness (QED) is 0.628. The molecule has 3 rings (SSSR count). The van der Waals surface area contributed by atoms with Gasteiger partial charge in [-0.05, 0) is 31.1 Å². The molecule has 80 valence electrons. The highest BCUT2D eigenvalue weighted by Gasteiger charge is 2.53. The minimum atomic E-state index is 0.0662. The number of carbonyl (C=O) groups excluding carboxylic acids is 1. The molecule has 3 fully saturated rings. The van der Waals surface area contributed by atoms with Crippen LogP contribution in [0.5, 0.6) is 0 Å². The van der Waals surface area contributed by atoms with Gasteiger partial charge in [0.25, 0.3) is 0 Å². The van der Waals surface area contributed by atoms with Crippen molar-refractivity contribution in [3.8, 4) is 0 Å². The van der Waals surface area contributed by atoms with Gasteiger partial charge in [0.2, 0.25) is 5.91 Å². The summed E-state index contributed by atoms with van der Waals surface area (Å²) in [6.07, 6.45) is 3.63. The van der Waals surface area contributed by atoms with Gasteiger partial charge in [0.15, 0.2) is 0 Å². The van der Waals surface area contributed by atoms with Gasteiger partial charge in [-0.25, -0.2) is 0 Å². The first-order chi connectivity index (χ1) is 6.69. The molecule has 0 aromatic heterocycles. The Balaban J connectivity index is 0.000000354. The summed E-state index contributed by atoms with van der Waals surface area (Å²) in [6.45, 7) is 8.25. The fraction of sp³-hybridized carbons (Fsp3) is 0.917. The normalized spacial score (nSPS) is 35.5. The van der Waals surface area contributed by atoms with Crippen molar-refractivity contribution in [1.29, 1.82) is 0 Å². The topological polar surface area (TPSA) is 20.3 Å². The molecule has 1 amide bonds. The van der Waals surface area contributed by atoms with E-state index in [4.69, 9.17) is 0 Å². The molecule has 0 N–H and O–H groups in total. The van der Waals surface area contributed by atoms with E-state index in [2.05, 4.69) is 11.8 Å². The molecule has 0 spiro atoms. The van der Waals surface area contributed by atoms with Crippen LogP contribution in [0.3, 0.4) is 0 Å². The molecule has 2 aliphatic carbocycles. The van der Waals surface area contributed by atoms with Gasteiger partial charge in [-0.2, -0.15) is 0 Å². The monoisotopic (exact) mass is 195 g/mol. The second-order valence-electron chi connectivity index (χ2n) is 5.03. The first kappa shape index (κ1) is 10.0. The summed E-state index contributed by atoms with van der Waals surface area (Å²) >= 11 is 0. The van der Waals surface area contributed by atoms with Crippen molar-refractivity contribution in [2.45, 2.75) is 40.0 Å². The summed E-state index contributed by atoms with van der Waals surface area (Å²) in [4.78, 5) is 13.9. The zero-order chi connectivity index (χ0) is 10.3. The summed E-state index contributed by atoms with van der Waals surface area (Å²) in [5.41, 5.74) is 0.0662. The van der Waals surface area contributed by atoms with Crippen LogP contribution in [0, 0.1) is 17.3 Å². The Labute approximate surface area is 86.7 Å². The fourth-order valence-electron chi connectivity index (χ4n) is 2.35. The Morgan fingerprint density at radius 2 is 1.71 bits per heavy atom. The molecule has 2 saturated carbocycles. The van der Waals surface area contributed by atoms with Gasteiger partial charge in [0.05, 0.1) is 0 Å². The van der Waals surface area contributed by atoms with Crippen LogP contribution in [0.1, 0.15) is 40.0 Å². The van der Waals surface area contributed by atoms with Crippen molar-refractivity contribution in [2.24, 2.45) is 17.3 Å². The molecule has 0 aromatic rings. The predicted molar refractivity (Wildman–Crippen MR) is 56.9 cm³/mol. The van der Waals surface area contributed by atoms with Crippen LogP contribution in [-0.2, 0) is 4.79 Å². The van der Waals surface area contributed by atoms with E-state index >= 15 is 0 Å². The predicted octanol–water partition coefficient (Wildman–Crippen LogP) is 2.29. The smallest absolute Gasteiger partial charge is 0.228 e. The maximum absolute atomic E-state index is 11.8. The molecule has 1 saturated heterocycles. The van der Waals surface area contributed by atoms with E-state index in [9.17, 15) is 4.79 Å². The van der Waals surface area contributed by atoms with Gasteiger partial charge >= 0.3 is 0 Å². The van der Waals surface area contributed by atoms with Gasteiger partial charge in [0.1, 0.15) is 0 Å². The summed E-state index contributed by atoms with van der Waals surface area (Å²) < 4.78 is 0. The van der Waals surface area contributed by atoms with E-state index in [1.165, 1.54) is 6.42 Å². The van der Waals surface area contributed by atoms with Gasteiger partial charge in [-0.15, -0.1) is 0 Å². The third-order valence-electron chi connectivity index (χ3n) is 3.78. The molecule has 1 heterocycles. The molecule has 1 aliphatic heterocycles. The minimum absolute atomic E-state index is 0.0662. The first-order valence-electron chi connectivity index (χ1n) is 5.98. The SMILES string of the molecule is CC.CC1(C(=O)N2CC3CC3C2)CC1. The summed E-state index contributed by atoms with van der Waals surface area (Å²) in [5, 5.41) is 0. The van der Waals surface area contributed by atoms with Crippen LogP contribution in [0.2, 0.25) is 0 Å². The largest absolute Gasteiger partial charge is 0.342 e. The molecule has 2 unspecified atom stereocenters. The number of carbonyl (C=O) groups is 1. The second-order valence-corrected chi connectivity index (χ2v) is 5.03. The lowest BCUT2D eigenvalue weighted by Gasteiger charge is -2.21. The van der Waals surface area contributed by atoms with Crippen LogP contribution in [-0.4, -0.2) is 23.9 Å². The Kier molecular flexibility index (Phi) is 2.32. The Bertz CT molecular complexity index is 235. The highest BCUT2D eigenvalue weighted by molar-refractivity contribution is 5.85. The minimum Gasteiger partial charge on any atom is -0.342 e. The van der Waals surface area contributed by atoms with Crippen molar-refractivity contribution < 1.29 is 4.79 Å². The van der Waals surface area contributed by atoms with Crippen molar-refractivity contribution in [1.82, 2.24) is 4.90 Å². The highest BCUT2D eigenvalue weighted by Crippen LogP contribution is 2.51. The van der Waals surface area contributed by atoms with E-state index < -0.39 is 0 Å². The zero-order valence-electron chi connectivity index (χ0n) is 9.55. The molecular weight excluding hydrogens is 174 g/mol. The van der Waals surface area contributed by atoms with Gasteiger partial charge in [-0.1, -0.05) is 20.8 Å². The lowest BCUT2D eigenvalue weighted by molar-refractivity contribution is -0.135. The third-order valence-corrected chi connectivity index (χ3v) is 3.78. The number of fused-ring (bicyclic) bond motifs is 1. The van der Waals surface area contributed by atoms with E-state index in [1.54, 1.807) is 0 Å². The number of likely N-dealkylation sites (tertiary alicyclic amines) is 1. The number of rotatable bonds is 1. The van der Waals surface area contributed by atoms with Crippen molar-refractivity contribution >= 4 is 5.91 Å². The Morgan fingerprint density at radius 1 is 1.21 bits per heavy atom. The molecule has 3 aliphatic rings. The molecule has 0 aromatic carbocycles. The van der Waals surface area contributed by atoms with E-state index in [-0.39, 0.29) is 5.41 Å². The van der Waals surface area contributed by atoms with Gasteiger partial charge in [-0.3, -0.25) is 4.79 Å². The van der Waals surface area contributed by atoms with Crippen molar-refractivity contribution in [2.75, 3.05) is 13.1 Å². The van der Waals surface area contributed by atoms with Crippen LogP contribution >= 0.6 is 0 Å². The molecular formula is C12H21NO. The third kappa shape index (κ3) is 1.55. The average molecular weight is 195 g/mol. The van der Waals surface area contributed by atoms with Crippen LogP contribution in [0.15, 0.2) is 0 Å². The maximum atomic E-state index is 11.8. The lowest BCUT2D eigenvalue weighted by Crippen LogP contribution is -2.35. The number of hydrogen-bond donors (Lipinski definition) is 0. The van der Waals surface area contributed by atoms with Crippen LogP contribution in [0.25, 0.3) is 0 Å². The van der Waals surface area contributed by atoms with Crippen molar-refractivity contribution in [3.05, 3.63) is 0 Å². The molecule has 14 heavy (non-hydrogen) atoms. The number of piperidine rings is 1. The molecule has 2 heteroatoms. The van der Waals surface area contributed by atoms with E-state index in [0.29, 0.717) is 5.91 Å².